The summed E-state index contributed by atoms with van der Waals surface area (Å²) in [5.74, 6) is 0.306. The fourth-order valence-corrected chi connectivity index (χ4v) is 3.77. The van der Waals surface area contributed by atoms with Gasteiger partial charge in [-0.1, -0.05) is 32.0 Å². The highest BCUT2D eigenvalue weighted by Gasteiger charge is 2.31. The van der Waals surface area contributed by atoms with Gasteiger partial charge in [0, 0.05) is 30.5 Å². The number of anilines is 2. The number of aromatic nitrogens is 1. The van der Waals surface area contributed by atoms with E-state index in [1.807, 2.05) is 18.2 Å². The average molecular weight is 481 g/mol. The van der Waals surface area contributed by atoms with Gasteiger partial charge in [0.1, 0.15) is 5.82 Å². The lowest BCUT2D eigenvalue weighted by atomic mass is 10.1. The van der Waals surface area contributed by atoms with Crippen molar-refractivity contribution < 1.29 is 18.0 Å². The predicted molar refractivity (Wildman–Crippen MR) is 130 cm³/mol. The molecule has 1 aromatic heterocycles. The van der Waals surface area contributed by atoms with Gasteiger partial charge in [-0.25, -0.2) is 4.98 Å². The van der Waals surface area contributed by atoms with Gasteiger partial charge in [-0.2, -0.15) is 18.4 Å². The number of benzene rings is 2. The van der Waals surface area contributed by atoms with E-state index in [0.29, 0.717) is 5.56 Å². The number of nitrogens with zero attached hydrogens (tertiary/aromatic N) is 4. The molecule has 0 saturated heterocycles. The fraction of sp³-hybridized carbons (Fsp3) is 0.296. The standard InChI is InChI=1S/C27H27F3N4O/c1-3-13-33(14-4-2)25-12-11-21(18-32-25)19-34(24-10-6-9-23(16-24)27(28,29)30)26(35)22-8-5-7-20(15-22)17-31/h5-12,15-16,18H,3-4,13-14,19H2,1-2H3. The quantitative estimate of drug-likeness (QED) is 0.353. The molecule has 0 aliphatic rings. The molecule has 0 unspecified atom stereocenters. The number of carbonyl (C=O) groups excluding carboxylic acids is 1. The van der Waals surface area contributed by atoms with Gasteiger partial charge in [-0.15, -0.1) is 0 Å². The second-order valence-electron chi connectivity index (χ2n) is 8.14. The van der Waals surface area contributed by atoms with Gasteiger partial charge in [0.05, 0.1) is 23.7 Å². The van der Waals surface area contributed by atoms with Gasteiger partial charge in [0.25, 0.3) is 5.91 Å². The normalized spacial score (nSPS) is 11.1. The predicted octanol–water partition coefficient (Wildman–Crippen LogP) is 6.45. The van der Waals surface area contributed by atoms with Crippen LogP contribution in [0.2, 0.25) is 0 Å². The molecule has 3 rings (SSSR count). The van der Waals surface area contributed by atoms with Crippen molar-refractivity contribution in [1.29, 1.82) is 5.26 Å². The van der Waals surface area contributed by atoms with E-state index in [0.717, 1.165) is 43.9 Å². The van der Waals surface area contributed by atoms with Crippen LogP contribution in [-0.4, -0.2) is 24.0 Å². The van der Waals surface area contributed by atoms with Crippen LogP contribution in [0.1, 0.15) is 53.7 Å². The van der Waals surface area contributed by atoms with Crippen LogP contribution in [0.5, 0.6) is 0 Å². The summed E-state index contributed by atoms with van der Waals surface area (Å²) in [7, 11) is 0. The lowest BCUT2D eigenvalue weighted by Gasteiger charge is -2.25. The number of nitriles is 1. The van der Waals surface area contributed by atoms with Gasteiger partial charge >= 0.3 is 6.18 Å². The van der Waals surface area contributed by atoms with Gasteiger partial charge in [-0.05, 0) is 60.9 Å². The first-order valence-electron chi connectivity index (χ1n) is 11.5. The number of alkyl halides is 3. The van der Waals surface area contributed by atoms with Crippen molar-refractivity contribution in [1.82, 2.24) is 4.98 Å². The molecule has 0 aliphatic carbocycles. The molecule has 0 atom stereocenters. The van der Waals surface area contributed by atoms with Crippen molar-refractivity contribution in [3.63, 3.8) is 0 Å². The molecule has 0 fully saturated rings. The van der Waals surface area contributed by atoms with Crippen LogP contribution in [0.4, 0.5) is 24.7 Å². The Labute approximate surface area is 203 Å². The van der Waals surface area contributed by atoms with E-state index in [1.165, 1.54) is 23.1 Å². The monoisotopic (exact) mass is 480 g/mol. The zero-order valence-electron chi connectivity index (χ0n) is 19.7. The van der Waals surface area contributed by atoms with Crippen molar-refractivity contribution in [2.24, 2.45) is 0 Å². The summed E-state index contributed by atoms with van der Waals surface area (Å²) in [5.41, 5.74) is 0.432. The van der Waals surface area contributed by atoms with Crippen molar-refractivity contribution in [2.75, 3.05) is 22.9 Å². The lowest BCUT2D eigenvalue weighted by molar-refractivity contribution is -0.137. The third kappa shape index (κ3) is 6.60. The van der Waals surface area contributed by atoms with E-state index < -0.39 is 17.6 Å². The number of halogens is 3. The Bertz CT molecular complexity index is 1180. The van der Waals surface area contributed by atoms with E-state index >= 15 is 0 Å². The SMILES string of the molecule is CCCN(CCC)c1ccc(CN(C(=O)c2cccc(C#N)c2)c2cccc(C(F)(F)F)c2)cn1. The van der Waals surface area contributed by atoms with Crippen LogP contribution in [0.25, 0.3) is 0 Å². The maximum atomic E-state index is 13.4. The van der Waals surface area contributed by atoms with E-state index in [9.17, 15) is 23.2 Å². The summed E-state index contributed by atoms with van der Waals surface area (Å²) in [6, 6.07) is 16.5. The van der Waals surface area contributed by atoms with E-state index in [4.69, 9.17) is 0 Å². The number of carbonyl (C=O) groups is 1. The molecule has 0 radical (unpaired) electrons. The first-order chi connectivity index (χ1) is 16.8. The van der Waals surface area contributed by atoms with E-state index in [2.05, 4.69) is 23.7 Å². The van der Waals surface area contributed by atoms with Crippen LogP contribution in [0, 0.1) is 11.3 Å². The highest BCUT2D eigenvalue weighted by Crippen LogP contribution is 2.32. The number of hydrogen-bond donors (Lipinski definition) is 0. The summed E-state index contributed by atoms with van der Waals surface area (Å²) >= 11 is 0. The molecule has 35 heavy (non-hydrogen) atoms. The highest BCUT2D eigenvalue weighted by molar-refractivity contribution is 6.06. The second-order valence-corrected chi connectivity index (χ2v) is 8.14. The van der Waals surface area contributed by atoms with E-state index in [1.54, 1.807) is 24.4 Å². The molecule has 1 amide bonds. The molecule has 0 bridgehead atoms. The minimum atomic E-state index is -4.54. The third-order valence-electron chi connectivity index (χ3n) is 5.43. The minimum Gasteiger partial charge on any atom is -0.357 e. The molecule has 0 aliphatic heterocycles. The van der Waals surface area contributed by atoms with Gasteiger partial charge in [-0.3, -0.25) is 4.79 Å². The largest absolute Gasteiger partial charge is 0.416 e. The molecule has 8 heteroatoms. The molecular weight excluding hydrogens is 453 g/mol. The Morgan fingerprint density at radius 1 is 1.00 bits per heavy atom. The number of pyridine rings is 1. The first-order valence-corrected chi connectivity index (χ1v) is 11.5. The first kappa shape index (κ1) is 25.8. The maximum Gasteiger partial charge on any atom is 0.416 e. The molecule has 2 aromatic carbocycles. The Morgan fingerprint density at radius 2 is 1.71 bits per heavy atom. The van der Waals surface area contributed by atoms with Gasteiger partial charge < -0.3 is 9.80 Å². The molecular formula is C27H27F3N4O. The topological polar surface area (TPSA) is 60.2 Å². The number of hydrogen-bond acceptors (Lipinski definition) is 4. The smallest absolute Gasteiger partial charge is 0.357 e. The lowest BCUT2D eigenvalue weighted by Crippen LogP contribution is -2.31. The summed E-state index contributed by atoms with van der Waals surface area (Å²) in [6.45, 7) is 5.94. The average Bonchev–Trinajstić information content (AvgIpc) is 2.87. The third-order valence-corrected chi connectivity index (χ3v) is 5.43. The Hall–Kier alpha value is -3.86. The summed E-state index contributed by atoms with van der Waals surface area (Å²) in [4.78, 5) is 21.4. The Morgan fingerprint density at radius 3 is 2.31 bits per heavy atom. The molecule has 182 valence electrons. The molecule has 0 saturated carbocycles. The Balaban J connectivity index is 1.97. The van der Waals surface area contributed by atoms with Gasteiger partial charge in [0.2, 0.25) is 0 Å². The van der Waals surface area contributed by atoms with Crippen molar-refractivity contribution in [3.05, 3.63) is 89.1 Å². The van der Waals surface area contributed by atoms with Crippen LogP contribution in [0.3, 0.4) is 0 Å². The maximum absolute atomic E-state index is 13.4. The van der Waals surface area contributed by atoms with Crippen LogP contribution in [-0.2, 0) is 12.7 Å². The Kier molecular flexibility index (Phi) is 8.48. The van der Waals surface area contributed by atoms with Crippen molar-refractivity contribution in [3.8, 4) is 6.07 Å². The van der Waals surface area contributed by atoms with E-state index in [-0.39, 0.29) is 23.4 Å². The molecule has 0 N–H and O–H groups in total. The zero-order valence-corrected chi connectivity index (χ0v) is 19.7. The summed E-state index contributed by atoms with van der Waals surface area (Å²) in [5, 5.41) is 9.20. The van der Waals surface area contributed by atoms with Gasteiger partial charge in [0.15, 0.2) is 0 Å². The number of amides is 1. The molecule has 5 nitrogen and oxygen atoms in total. The molecule has 0 spiro atoms. The zero-order chi connectivity index (χ0) is 25.4. The fourth-order valence-electron chi connectivity index (χ4n) is 3.77. The summed E-state index contributed by atoms with van der Waals surface area (Å²) < 4.78 is 40.1. The molecule has 3 aromatic rings. The van der Waals surface area contributed by atoms with Crippen LogP contribution in [0.15, 0.2) is 66.9 Å². The second kappa shape index (κ2) is 11.5. The van der Waals surface area contributed by atoms with Crippen molar-refractivity contribution >= 4 is 17.4 Å². The number of rotatable bonds is 9. The van der Waals surface area contributed by atoms with Crippen molar-refractivity contribution in [2.45, 2.75) is 39.4 Å². The minimum absolute atomic E-state index is 0.0196. The van der Waals surface area contributed by atoms with Crippen LogP contribution >= 0.6 is 0 Å². The highest BCUT2D eigenvalue weighted by atomic mass is 19.4. The summed E-state index contributed by atoms with van der Waals surface area (Å²) in [6.07, 6.45) is -0.948. The molecule has 1 heterocycles. The van der Waals surface area contributed by atoms with Crippen LogP contribution < -0.4 is 9.80 Å².